The summed E-state index contributed by atoms with van der Waals surface area (Å²) in [5, 5.41) is 11.5. The van der Waals surface area contributed by atoms with Crippen LogP contribution in [0.15, 0.2) is 18.2 Å². The van der Waals surface area contributed by atoms with Crippen LogP contribution in [0.4, 0.5) is 0 Å². The second-order valence-corrected chi connectivity index (χ2v) is 5.86. The maximum atomic E-state index is 12.0. The Bertz CT molecular complexity index is 482. The molecule has 0 spiro atoms. The lowest BCUT2D eigenvalue weighted by Crippen LogP contribution is -2.46. The molecule has 0 aliphatic carbocycles. The molecular weight excluding hydrogens is 287 g/mol. The summed E-state index contributed by atoms with van der Waals surface area (Å²) in [5.74, 6) is -0.467. The average Bonchev–Trinajstić information content (AvgIpc) is 2.32. The predicted octanol–water partition coefficient (Wildman–Crippen LogP) is 3.79. The first-order valence-electron chi connectivity index (χ1n) is 5.99. The molecule has 19 heavy (non-hydrogen) atoms. The van der Waals surface area contributed by atoms with Gasteiger partial charge in [0.15, 0.2) is 0 Å². The Kier molecular flexibility index (Phi) is 4.88. The van der Waals surface area contributed by atoms with E-state index in [1.165, 1.54) is 0 Å². The molecule has 0 aliphatic heterocycles. The van der Waals surface area contributed by atoms with Gasteiger partial charge in [0.25, 0.3) is 0 Å². The summed E-state index contributed by atoms with van der Waals surface area (Å²) in [4.78, 5) is 12.0. The molecule has 0 aliphatic rings. The van der Waals surface area contributed by atoms with Gasteiger partial charge in [-0.2, -0.15) is 0 Å². The van der Waals surface area contributed by atoms with Gasteiger partial charge in [-0.3, -0.25) is 4.79 Å². The zero-order valence-corrected chi connectivity index (χ0v) is 13.0. The Balaban J connectivity index is 3.21. The minimum Gasteiger partial charge on any atom is -0.465 e. The van der Waals surface area contributed by atoms with Crippen molar-refractivity contribution in [3.05, 3.63) is 33.8 Å². The van der Waals surface area contributed by atoms with Crippen molar-refractivity contribution in [1.82, 2.24) is 0 Å². The van der Waals surface area contributed by atoms with Gasteiger partial charge in [0.2, 0.25) is 0 Å². The van der Waals surface area contributed by atoms with Gasteiger partial charge in [0, 0.05) is 0 Å². The normalized spacial score (nSPS) is 14.9. The number of hydrogen-bond donors (Lipinski definition) is 1. The fourth-order valence-corrected chi connectivity index (χ4v) is 1.97. The molecule has 1 atom stereocenters. The number of benzene rings is 1. The molecule has 0 saturated heterocycles. The van der Waals surface area contributed by atoms with Crippen molar-refractivity contribution in [1.29, 1.82) is 0 Å². The number of aliphatic hydroxyl groups is 1. The number of carbonyl (C=O) groups is 1. The summed E-state index contributed by atoms with van der Waals surface area (Å²) in [7, 11) is 0. The van der Waals surface area contributed by atoms with E-state index in [9.17, 15) is 9.90 Å². The smallest absolute Gasteiger partial charge is 0.314 e. The minimum atomic E-state index is -1.42. The maximum Gasteiger partial charge on any atom is 0.314 e. The quantitative estimate of drug-likeness (QED) is 0.861. The highest BCUT2D eigenvalue weighted by molar-refractivity contribution is 6.42. The highest BCUT2D eigenvalue weighted by Gasteiger charge is 2.47. The van der Waals surface area contributed by atoms with Gasteiger partial charge in [0.1, 0.15) is 5.60 Å². The molecule has 0 fully saturated rings. The Morgan fingerprint density at radius 3 is 2.32 bits per heavy atom. The van der Waals surface area contributed by atoms with Gasteiger partial charge in [-0.1, -0.05) is 29.3 Å². The van der Waals surface area contributed by atoms with Crippen LogP contribution in [0.5, 0.6) is 0 Å². The standard InChI is InChI=1S/C14H18Cl2O3/c1-5-19-12(17)13(2,3)14(4,18)9-6-7-10(15)11(16)8-9/h6-8,18H,5H2,1-4H3. The Labute approximate surface area is 123 Å². The van der Waals surface area contributed by atoms with Gasteiger partial charge in [0.05, 0.1) is 22.1 Å². The van der Waals surface area contributed by atoms with Crippen LogP contribution in [0.2, 0.25) is 10.0 Å². The average molecular weight is 305 g/mol. The van der Waals surface area contributed by atoms with Gasteiger partial charge < -0.3 is 9.84 Å². The predicted molar refractivity (Wildman–Crippen MR) is 76.4 cm³/mol. The largest absolute Gasteiger partial charge is 0.465 e. The number of rotatable bonds is 4. The topological polar surface area (TPSA) is 46.5 Å². The van der Waals surface area contributed by atoms with Crippen molar-refractivity contribution in [3.63, 3.8) is 0 Å². The van der Waals surface area contributed by atoms with Crippen LogP contribution in [-0.2, 0) is 15.1 Å². The minimum absolute atomic E-state index is 0.264. The third-order valence-electron chi connectivity index (χ3n) is 3.48. The summed E-state index contributed by atoms with van der Waals surface area (Å²) in [6.07, 6.45) is 0. The summed E-state index contributed by atoms with van der Waals surface area (Å²) in [5.41, 5.74) is -2.02. The molecule has 0 bridgehead atoms. The second-order valence-electron chi connectivity index (χ2n) is 5.05. The number of hydrogen-bond acceptors (Lipinski definition) is 3. The SMILES string of the molecule is CCOC(=O)C(C)(C)C(C)(O)c1ccc(Cl)c(Cl)c1. The fraction of sp³-hybridized carbons (Fsp3) is 0.500. The van der Waals surface area contributed by atoms with E-state index in [0.717, 1.165) is 0 Å². The molecule has 3 nitrogen and oxygen atoms in total. The molecule has 5 heteroatoms. The van der Waals surface area contributed by atoms with Crippen LogP contribution in [-0.4, -0.2) is 17.7 Å². The summed E-state index contributed by atoms with van der Waals surface area (Å²) in [6.45, 7) is 6.81. The van der Waals surface area contributed by atoms with E-state index in [4.69, 9.17) is 27.9 Å². The van der Waals surface area contributed by atoms with E-state index in [-0.39, 0.29) is 6.61 Å². The highest BCUT2D eigenvalue weighted by atomic mass is 35.5. The van der Waals surface area contributed by atoms with Crippen molar-refractivity contribution in [2.24, 2.45) is 5.41 Å². The lowest BCUT2D eigenvalue weighted by atomic mass is 9.72. The molecule has 106 valence electrons. The third kappa shape index (κ3) is 3.04. The van der Waals surface area contributed by atoms with E-state index in [1.807, 2.05) is 0 Å². The highest BCUT2D eigenvalue weighted by Crippen LogP contribution is 2.41. The summed E-state index contributed by atoms with van der Waals surface area (Å²) in [6, 6.07) is 4.80. The summed E-state index contributed by atoms with van der Waals surface area (Å²) < 4.78 is 5.01. The Morgan fingerprint density at radius 1 is 1.26 bits per heavy atom. The van der Waals surface area contributed by atoms with E-state index in [1.54, 1.807) is 45.9 Å². The number of halogens is 2. The first kappa shape index (κ1) is 16.3. The van der Waals surface area contributed by atoms with Crippen molar-refractivity contribution < 1.29 is 14.6 Å². The number of ether oxygens (including phenoxy) is 1. The molecule has 1 N–H and O–H groups in total. The molecule has 0 radical (unpaired) electrons. The van der Waals surface area contributed by atoms with Crippen molar-refractivity contribution >= 4 is 29.2 Å². The molecule has 0 amide bonds. The number of esters is 1. The zero-order valence-electron chi connectivity index (χ0n) is 11.5. The molecule has 0 heterocycles. The van der Waals surface area contributed by atoms with Gasteiger partial charge in [-0.15, -0.1) is 0 Å². The van der Waals surface area contributed by atoms with E-state index < -0.39 is 17.0 Å². The van der Waals surface area contributed by atoms with Crippen molar-refractivity contribution in [2.45, 2.75) is 33.3 Å². The van der Waals surface area contributed by atoms with Gasteiger partial charge in [-0.05, 0) is 45.4 Å². The molecule has 1 unspecified atom stereocenters. The fourth-order valence-electron chi connectivity index (χ4n) is 1.67. The molecular formula is C14H18Cl2O3. The summed E-state index contributed by atoms with van der Waals surface area (Å²) >= 11 is 11.8. The lowest BCUT2D eigenvalue weighted by molar-refractivity contribution is -0.170. The molecule has 0 aromatic heterocycles. The van der Waals surface area contributed by atoms with Crippen LogP contribution in [0.3, 0.4) is 0 Å². The number of carbonyl (C=O) groups excluding carboxylic acids is 1. The van der Waals surface area contributed by atoms with Crippen LogP contribution >= 0.6 is 23.2 Å². The van der Waals surface area contributed by atoms with Crippen LogP contribution in [0, 0.1) is 5.41 Å². The Hall–Kier alpha value is -0.770. The van der Waals surface area contributed by atoms with Crippen LogP contribution in [0.25, 0.3) is 0 Å². The first-order chi connectivity index (χ1) is 8.64. The Morgan fingerprint density at radius 2 is 1.84 bits per heavy atom. The molecule has 1 aromatic carbocycles. The lowest BCUT2D eigenvalue weighted by Gasteiger charge is -2.38. The van der Waals surface area contributed by atoms with Crippen molar-refractivity contribution in [2.75, 3.05) is 6.61 Å². The van der Waals surface area contributed by atoms with Crippen LogP contribution < -0.4 is 0 Å². The monoisotopic (exact) mass is 304 g/mol. The third-order valence-corrected chi connectivity index (χ3v) is 4.22. The zero-order chi connectivity index (χ0) is 14.8. The first-order valence-corrected chi connectivity index (χ1v) is 6.75. The maximum absolute atomic E-state index is 12.0. The molecule has 1 rings (SSSR count). The van der Waals surface area contributed by atoms with E-state index >= 15 is 0 Å². The van der Waals surface area contributed by atoms with E-state index in [2.05, 4.69) is 0 Å². The van der Waals surface area contributed by atoms with Gasteiger partial charge >= 0.3 is 5.97 Å². The van der Waals surface area contributed by atoms with Crippen LogP contribution in [0.1, 0.15) is 33.3 Å². The van der Waals surface area contributed by atoms with E-state index in [0.29, 0.717) is 15.6 Å². The van der Waals surface area contributed by atoms with Crippen molar-refractivity contribution in [3.8, 4) is 0 Å². The molecule has 1 aromatic rings. The molecule has 0 saturated carbocycles. The second kappa shape index (κ2) is 5.70. The van der Waals surface area contributed by atoms with Gasteiger partial charge in [-0.25, -0.2) is 0 Å².